The standard InChI is InChI=1S/C19H21N9O3/c1-21-8-11(7-20)24-19-22-9-13(18(29)30)17(26-19)25-14-6-4-5-12(15(14)31-3)16-23-10-28(2)27-16/h4-10H,20H2,1-3H3,(H,29,30)(H2,22,24,25,26)/b11-7+,21-8?. The van der Waals surface area contributed by atoms with E-state index in [2.05, 4.69) is 35.7 Å². The van der Waals surface area contributed by atoms with Gasteiger partial charge in [-0.3, -0.25) is 9.67 Å². The Morgan fingerprint density at radius 2 is 2.16 bits per heavy atom. The summed E-state index contributed by atoms with van der Waals surface area (Å²) >= 11 is 0. The number of aromatic nitrogens is 5. The number of methoxy groups -OCH3 is 1. The highest BCUT2D eigenvalue weighted by Crippen LogP contribution is 2.36. The molecule has 3 aromatic rings. The number of anilines is 3. The summed E-state index contributed by atoms with van der Waals surface area (Å²) in [4.78, 5) is 28.1. The minimum absolute atomic E-state index is 0.0549. The number of nitrogens with zero attached hydrogens (tertiary/aromatic N) is 6. The zero-order valence-corrected chi connectivity index (χ0v) is 17.1. The average Bonchev–Trinajstić information content (AvgIpc) is 3.19. The van der Waals surface area contributed by atoms with E-state index in [9.17, 15) is 9.90 Å². The van der Waals surface area contributed by atoms with Crippen molar-refractivity contribution in [2.24, 2.45) is 17.8 Å². The van der Waals surface area contributed by atoms with Crippen molar-refractivity contribution in [3.8, 4) is 17.1 Å². The van der Waals surface area contributed by atoms with E-state index in [0.29, 0.717) is 28.5 Å². The molecule has 0 bridgehead atoms. The van der Waals surface area contributed by atoms with Crippen LogP contribution in [-0.4, -0.2) is 56.2 Å². The number of nitrogens with two attached hydrogens (primary N) is 1. The number of nitrogens with one attached hydrogen (secondary N) is 2. The van der Waals surface area contributed by atoms with E-state index in [4.69, 9.17) is 10.5 Å². The van der Waals surface area contributed by atoms with Crippen LogP contribution in [0.1, 0.15) is 10.4 Å². The second-order valence-corrected chi connectivity index (χ2v) is 6.15. The van der Waals surface area contributed by atoms with E-state index in [1.807, 2.05) is 0 Å². The summed E-state index contributed by atoms with van der Waals surface area (Å²) in [6, 6.07) is 5.29. The third-order valence-corrected chi connectivity index (χ3v) is 4.04. The zero-order chi connectivity index (χ0) is 22.4. The Balaban J connectivity index is 2.03. The lowest BCUT2D eigenvalue weighted by atomic mass is 10.1. The van der Waals surface area contributed by atoms with E-state index in [-0.39, 0.29) is 17.3 Å². The first-order chi connectivity index (χ1) is 15.0. The van der Waals surface area contributed by atoms with Gasteiger partial charge in [0, 0.05) is 32.7 Å². The minimum atomic E-state index is -1.19. The lowest BCUT2D eigenvalue weighted by Crippen LogP contribution is -2.12. The predicted octanol–water partition coefficient (Wildman–Crippen LogP) is 1.64. The molecule has 0 spiro atoms. The number of benzene rings is 1. The fourth-order valence-electron chi connectivity index (χ4n) is 2.70. The molecule has 5 N–H and O–H groups in total. The van der Waals surface area contributed by atoms with Gasteiger partial charge in [-0.1, -0.05) is 6.07 Å². The molecule has 3 rings (SSSR count). The van der Waals surface area contributed by atoms with Crippen molar-refractivity contribution in [3.63, 3.8) is 0 Å². The maximum atomic E-state index is 11.7. The molecule has 0 atom stereocenters. The van der Waals surface area contributed by atoms with Crippen LogP contribution in [0.15, 0.2) is 47.6 Å². The van der Waals surface area contributed by atoms with Crippen molar-refractivity contribution in [1.29, 1.82) is 0 Å². The second kappa shape index (κ2) is 9.35. The molecule has 160 valence electrons. The molecule has 0 radical (unpaired) electrons. The van der Waals surface area contributed by atoms with Gasteiger partial charge >= 0.3 is 5.97 Å². The van der Waals surface area contributed by atoms with E-state index in [0.717, 1.165) is 0 Å². The van der Waals surface area contributed by atoms with Crippen LogP contribution in [0.2, 0.25) is 0 Å². The molecular formula is C19H21N9O3. The third-order valence-electron chi connectivity index (χ3n) is 4.04. The number of hydrogen-bond acceptors (Lipinski definition) is 10. The molecule has 0 fully saturated rings. The number of aliphatic imine (C=N–C) groups is 1. The lowest BCUT2D eigenvalue weighted by molar-refractivity contribution is 0.0697. The van der Waals surface area contributed by atoms with Gasteiger partial charge in [0.25, 0.3) is 0 Å². The highest BCUT2D eigenvalue weighted by atomic mass is 16.5. The van der Waals surface area contributed by atoms with Crippen LogP contribution < -0.4 is 21.1 Å². The Morgan fingerprint density at radius 1 is 1.35 bits per heavy atom. The third kappa shape index (κ3) is 4.75. The minimum Gasteiger partial charge on any atom is -0.494 e. The number of rotatable bonds is 8. The first-order valence-electron chi connectivity index (χ1n) is 8.98. The van der Waals surface area contributed by atoms with Crippen LogP contribution >= 0.6 is 0 Å². The fourth-order valence-corrected chi connectivity index (χ4v) is 2.70. The zero-order valence-electron chi connectivity index (χ0n) is 17.1. The summed E-state index contributed by atoms with van der Waals surface area (Å²) in [5, 5.41) is 19.7. The van der Waals surface area contributed by atoms with E-state index in [1.165, 1.54) is 25.7 Å². The second-order valence-electron chi connectivity index (χ2n) is 6.15. The summed E-state index contributed by atoms with van der Waals surface area (Å²) in [7, 11) is 4.84. The molecule has 0 amide bonds. The van der Waals surface area contributed by atoms with Gasteiger partial charge in [-0.25, -0.2) is 14.8 Å². The number of carboxylic acids is 1. The topological polar surface area (TPSA) is 165 Å². The van der Waals surface area contributed by atoms with E-state index in [1.54, 1.807) is 43.3 Å². The molecular weight excluding hydrogens is 402 g/mol. The number of para-hydroxylation sites is 1. The molecule has 2 aromatic heterocycles. The predicted molar refractivity (Wildman–Crippen MR) is 116 cm³/mol. The summed E-state index contributed by atoms with van der Waals surface area (Å²) in [6.07, 6.45) is 5.53. The number of ether oxygens (including phenoxy) is 1. The smallest absolute Gasteiger partial charge is 0.341 e. The van der Waals surface area contributed by atoms with E-state index < -0.39 is 5.97 Å². The van der Waals surface area contributed by atoms with Crippen LogP contribution in [-0.2, 0) is 7.05 Å². The number of aromatic carboxylic acids is 1. The average molecular weight is 423 g/mol. The van der Waals surface area contributed by atoms with Gasteiger partial charge in [0.15, 0.2) is 17.4 Å². The lowest BCUT2D eigenvalue weighted by Gasteiger charge is -2.15. The Bertz CT molecular complexity index is 1150. The number of carbonyl (C=O) groups is 1. The summed E-state index contributed by atoms with van der Waals surface area (Å²) < 4.78 is 7.13. The Hall–Kier alpha value is -4.48. The molecule has 2 heterocycles. The van der Waals surface area contributed by atoms with E-state index >= 15 is 0 Å². The normalized spacial score (nSPS) is 11.5. The van der Waals surface area contributed by atoms with Crippen LogP contribution in [0.3, 0.4) is 0 Å². The van der Waals surface area contributed by atoms with Crippen LogP contribution in [0.4, 0.5) is 17.5 Å². The molecule has 1 aromatic carbocycles. The Kier molecular flexibility index (Phi) is 6.40. The molecule has 0 saturated carbocycles. The molecule has 31 heavy (non-hydrogen) atoms. The van der Waals surface area contributed by atoms with Crippen molar-refractivity contribution in [2.45, 2.75) is 0 Å². The van der Waals surface area contributed by atoms with Crippen molar-refractivity contribution in [3.05, 3.63) is 48.2 Å². The molecule has 12 heteroatoms. The van der Waals surface area contributed by atoms with Gasteiger partial charge in [0.05, 0.1) is 24.1 Å². The maximum Gasteiger partial charge on any atom is 0.341 e. The van der Waals surface area contributed by atoms with Gasteiger partial charge in [0.1, 0.15) is 11.9 Å². The Morgan fingerprint density at radius 3 is 2.77 bits per heavy atom. The highest BCUT2D eigenvalue weighted by Gasteiger charge is 2.19. The van der Waals surface area contributed by atoms with Crippen LogP contribution in [0, 0.1) is 0 Å². The monoisotopic (exact) mass is 423 g/mol. The molecule has 0 aliphatic carbocycles. The van der Waals surface area contributed by atoms with Crippen molar-refractivity contribution in [1.82, 2.24) is 24.7 Å². The Labute approximate surface area is 177 Å². The molecule has 0 aliphatic heterocycles. The van der Waals surface area contributed by atoms with Crippen molar-refractivity contribution in [2.75, 3.05) is 24.8 Å². The first kappa shape index (κ1) is 21.2. The molecule has 0 saturated heterocycles. The maximum absolute atomic E-state index is 11.7. The SMILES string of the molecule is CN=C/C(=C\N)Nc1ncc(C(=O)O)c(Nc2cccc(-c3ncn(C)n3)c2OC)n1. The summed E-state index contributed by atoms with van der Waals surface area (Å²) in [5.41, 5.74) is 6.97. The summed E-state index contributed by atoms with van der Waals surface area (Å²) in [5.74, 6) is -0.118. The van der Waals surface area contributed by atoms with Gasteiger partial charge < -0.3 is 26.2 Å². The number of allylic oxidation sites excluding steroid dienone is 1. The van der Waals surface area contributed by atoms with Gasteiger partial charge in [-0.2, -0.15) is 10.1 Å². The summed E-state index contributed by atoms with van der Waals surface area (Å²) in [6.45, 7) is 0. The molecule has 0 unspecified atom stereocenters. The first-order valence-corrected chi connectivity index (χ1v) is 8.98. The quantitative estimate of drug-likeness (QED) is 0.391. The fraction of sp³-hybridized carbons (Fsp3) is 0.158. The molecule has 0 aliphatic rings. The molecule has 12 nitrogen and oxygen atoms in total. The van der Waals surface area contributed by atoms with Crippen LogP contribution in [0.5, 0.6) is 5.75 Å². The highest BCUT2D eigenvalue weighted by molar-refractivity contribution is 5.94. The largest absolute Gasteiger partial charge is 0.494 e. The van der Waals surface area contributed by atoms with Crippen molar-refractivity contribution >= 4 is 29.6 Å². The van der Waals surface area contributed by atoms with Crippen LogP contribution in [0.25, 0.3) is 11.4 Å². The number of carboxylic acid groups (broad SMARTS) is 1. The van der Waals surface area contributed by atoms with Gasteiger partial charge in [-0.15, -0.1) is 0 Å². The number of hydrogen-bond donors (Lipinski definition) is 4. The van der Waals surface area contributed by atoms with Crippen molar-refractivity contribution < 1.29 is 14.6 Å². The van der Waals surface area contributed by atoms with Gasteiger partial charge in [-0.05, 0) is 12.1 Å². The number of aryl methyl sites for hydroxylation is 1. The van der Waals surface area contributed by atoms with Gasteiger partial charge in [0.2, 0.25) is 5.95 Å².